The quantitative estimate of drug-likeness (QED) is 0.0417. The van der Waals surface area contributed by atoms with E-state index in [4.69, 9.17) is 23.7 Å². The molecular weight excluding hydrogens is 937 g/mol. The highest BCUT2D eigenvalue weighted by Crippen LogP contribution is 2.32. The van der Waals surface area contributed by atoms with Crippen LogP contribution in [0.25, 0.3) is 0 Å². The Balaban J connectivity index is 0.000000507. The van der Waals surface area contributed by atoms with E-state index in [0.717, 1.165) is 25.7 Å². The molecule has 15 atom stereocenters. The van der Waals surface area contributed by atoms with Crippen molar-refractivity contribution in [2.24, 2.45) is 0 Å². The maximum absolute atomic E-state index is 10.6. The number of ether oxygens (including phenoxy) is 5. The van der Waals surface area contributed by atoms with E-state index in [1.54, 1.807) is 0 Å². The molecule has 3 saturated heterocycles. The second-order valence-corrected chi connectivity index (χ2v) is 19.4. The van der Waals surface area contributed by atoms with Crippen molar-refractivity contribution in [3.05, 3.63) is 154 Å². The zero-order valence-electron chi connectivity index (χ0n) is 44.8. The number of aliphatic hydroxyl groups is 10. The third-order valence-electron chi connectivity index (χ3n) is 12.0. The van der Waals surface area contributed by atoms with Crippen molar-refractivity contribution in [3.63, 3.8) is 0 Å². The lowest BCUT2D eigenvalue weighted by Gasteiger charge is -2.48. The Morgan fingerprint density at radius 1 is 0.411 bits per heavy atom. The third kappa shape index (κ3) is 24.1. The van der Waals surface area contributed by atoms with Crippen molar-refractivity contribution < 1.29 is 74.7 Å². The molecule has 0 bridgehead atoms. The average molecular weight is 1030 g/mol. The van der Waals surface area contributed by atoms with Crippen LogP contribution in [0.5, 0.6) is 0 Å². The fourth-order valence-electron chi connectivity index (χ4n) is 7.39. The lowest BCUT2D eigenvalue weighted by molar-refractivity contribution is -0.385. The summed E-state index contributed by atoms with van der Waals surface area (Å²) in [4.78, 5) is 0. The first-order valence-electron chi connectivity index (χ1n) is 25.1. The molecule has 10 N–H and O–H groups in total. The van der Waals surface area contributed by atoms with Crippen LogP contribution in [0.15, 0.2) is 154 Å². The zero-order valence-corrected chi connectivity index (χ0v) is 44.8. The van der Waals surface area contributed by atoms with Gasteiger partial charge in [0.15, 0.2) is 18.9 Å². The maximum atomic E-state index is 10.6. The first-order chi connectivity index (χ1) is 34.5. The van der Waals surface area contributed by atoms with Gasteiger partial charge in [-0.2, -0.15) is 0 Å². The van der Waals surface area contributed by atoms with Crippen LogP contribution < -0.4 is 0 Å². The van der Waals surface area contributed by atoms with Crippen molar-refractivity contribution in [2.45, 2.75) is 194 Å². The van der Waals surface area contributed by atoms with Gasteiger partial charge in [-0.1, -0.05) is 154 Å². The number of hydrogen-bond donors (Lipinski definition) is 10. The highest BCUT2D eigenvalue weighted by molar-refractivity contribution is 5.33. The van der Waals surface area contributed by atoms with E-state index in [0.29, 0.717) is 0 Å². The maximum Gasteiger partial charge on any atom is 0.187 e. The van der Waals surface area contributed by atoms with Gasteiger partial charge in [0.2, 0.25) is 0 Å². The van der Waals surface area contributed by atoms with Gasteiger partial charge in [-0.25, -0.2) is 0 Å². The van der Waals surface area contributed by atoms with Gasteiger partial charge < -0.3 is 74.7 Å². The topological polar surface area (TPSA) is 248 Å². The standard InChI is InChI=1S/C40H56.C18H32O15/c1-33(2)19-13-23-37(7)27-17-31-39(9)29-15-25-35(5)21-11-12-22-36(6)26-16-30-40(10)32-18-28-38(8)24-14-20-34(3)4;1-4-7(21)9(23)13(27)17(29-4)33-15-10(24)8(22)5(2-19)31-18(15)32-14-6(3-20)30-16(28)12(26)11(14)25/h11-12,15-22,25-32H,13-14,23-24H2,1-10H3;4-28H,2-3H2,1H3/b12-11+,25-15+,26-16+,31-17+,32-18+,35-21+,36-22+,37-27+,38-28+,39-29+,40-30+;/t;4-,5+,6+,7+,8-,9+,10-,11+,12+,13-,14+,15+,16?,17-,18-/m.0/s1. The second-order valence-electron chi connectivity index (χ2n) is 19.4. The van der Waals surface area contributed by atoms with Gasteiger partial charge in [0, 0.05) is 0 Å². The summed E-state index contributed by atoms with van der Waals surface area (Å²) in [6, 6.07) is 0. The molecule has 0 saturated carbocycles. The van der Waals surface area contributed by atoms with E-state index in [1.807, 2.05) is 0 Å². The minimum absolute atomic E-state index is 0.760. The SMILES string of the molecule is CC(C)=CCC/C(C)=C/C=C/C(C)=C/C=C/C(C)=C/C=C/C=C(C)/C=C/C=C(C)/C=C/C=C(\C)CCC=C(C)C.C[C@@H]1O[C@@H](O[C@H]2[C@H](O[C@H]3[C@H](O)[C@@H](O)C(O)O[C@@H]3CO)O[C@H](CO)[C@H](O)[C@@H]2O)[C@@H](O)[C@H](O)[C@@H]1O. The minimum Gasteiger partial charge on any atom is -0.394 e. The van der Waals surface area contributed by atoms with Gasteiger partial charge in [0.1, 0.15) is 67.1 Å². The molecule has 3 aliphatic heterocycles. The fraction of sp³-hybridized carbons (Fsp3) is 0.552. The van der Waals surface area contributed by atoms with Crippen LogP contribution in [-0.2, 0) is 23.7 Å². The van der Waals surface area contributed by atoms with E-state index >= 15 is 0 Å². The molecule has 15 nitrogen and oxygen atoms in total. The fourth-order valence-corrected chi connectivity index (χ4v) is 7.39. The largest absolute Gasteiger partial charge is 0.394 e. The van der Waals surface area contributed by atoms with E-state index in [-0.39, 0.29) is 0 Å². The molecule has 0 spiro atoms. The second kappa shape index (κ2) is 34.6. The van der Waals surface area contributed by atoms with Gasteiger partial charge in [0.25, 0.3) is 0 Å². The molecule has 3 rings (SSSR count). The number of aliphatic hydroxyl groups excluding tert-OH is 10. The Morgan fingerprint density at radius 3 is 1.26 bits per heavy atom. The van der Waals surface area contributed by atoms with Crippen LogP contribution in [-0.4, -0.2) is 156 Å². The predicted octanol–water partition coefficient (Wildman–Crippen LogP) is 6.39. The van der Waals surface area contributed by atoms with Gasteiger partial charge in [-0.05, 0) is 102 Å². The minimum atomic E-state index is -1.83. The summed E-state index contributed by atoms with van der Waals surface area (Å²) in [5, 5.41) is 99.8. The number of allylic oxidation sites excluding steroid dienone is 26. The van der Waals surface area contributed by atoms with Gasteiger partial charge in [-0.15, -0.1) is 0 Å². The summed E-state index contributed by atoms with van der Waals surface area (Å²) in [5.41, 5.74) is 10.5. The van der Waals surface area contributed by atoms with Crippen LogP contribution in [0.2, 0.25) is 0 Å². The predicted molar refractivity (Wildman–Crippen MR) is 285 cm³/mol. The summed E-state index contributed by atoms with van der Waals surface area (Å²) >= 11 is 0. The van der Waals surface area contributed by atoms with Crippen LogP contribution in [0.3, 0.4) is 0 Å². The summed E-state index contributed by atoms with van der Waals surface area (Å²) in [6.07, 6.45) is 19.3. The Morgan fingerprint density at radius 2 is 0.822 bits per heavy atom. The van der Waals surface area contributed by atoms with E-state index < -0.39 is 105 Å². The molecule has 0 aromatic rings. The molecule has 410 valence electrons. The molecule has 0 amide bonds. The highest BCUT2D eigenvalue weighted by atomic mass is 16.8. The van der Waals surface area contributed by atoms with Crippen molar-refractivity contribution in [3.8, 4) is 0 Å². The monoisotopic (exact) mass is 1020 g/mol. The molecule has 3 heterocycles. The first-order valence-corrected chi connectivity index (χ1v) is 25.1. The van der Waals surface area contributed by atoms with Gasteiger partial charge >= 0.3 is 0 Å². The summed E-state index contributed by atoms with van der Waals surface area (Å²) < 4.78 is 26.9. The van der Waals surface area contributed by atoms with Crippen molar-refractivity contribution in [1.82, 2.24) is 0 Å². The molecule has 3 aliphatic rings. The Hall–Kier alpha value is -3.98. The summed E-state index contributed by atoms with van der Waals surface area (Å²) in [6.45, 7) is 21.4. The van der Waals surface area contributed by atoms with Crippen molar-refractivity contribution >= 4 is 0 Å². The first kappa shape index (κ1) is 65.1. The Labute approximate surface area is 434 Å². The number of hydrogen-bond acceptors (Lipinski definition) is 15. The lowest BCUT2D eigenvalue weighted by Crippen LogP contribution is -2.66. The molecular formula is C58H88O15. The number of rotatable bonds is 22. The smallest absolute Gasteiger partial charge is 0.187 e. The third-order valence-corrected chi connectivity index (χ3v) is 12.0. The normalized spacial score (nSPS) is 32.5. The van der Waals surface area contributed by atoms with Gasteiger partial charge in [-0.3, -0.25) is 0 Å². The van der Waals surface area contributed by atoms with Crippen molar-refractivity contribution in [1.29, 1.82) is 0 Å². The lowest BCUT2D eigenvalue weighted by atomic mass is 9.96. The van der Waals surface area contributed by atoms with E-state index in [9.17, 15) is 51.1 Å². The van der Waals surface area contributed by atoms with Crippen LogP contribution in [0.1, 0.15) is 102 Å². The van der Waals surface area contributed by atoms with Gasteiger partial charge in [0.05, 0.1) is 19.3 Å². The van der Waals surface area contributed by atoms with Crippen LogP contribution >= 0.6 is 0 Å². The molecule has 0 aliphatic carbocycles. The van der Waals surface area contributed by atoms with Crippen LogP contribution in [0.4, 0.5) is 0 Å². The highest BCUT2D eigenvalue weighted by Gasteiger charge is 2.53. The molecule has 0 aromatic heterocycles. The molecule has 0 radical (unpaired) electrons. The molecule has 0 aromatic carbocycles. The van der Waals surface area contributed by atoms with Crippen molar-refractivity contribution in [2.75, 3.05) is 13.2 Å². The molecule has 1 unspecified atom stereocenters. The summed E-state index contributed by atoms with van der Waals surface area (Å²) in [5.74, 6) is 0. The average Bonchev–Trinajstić information content (AvgIpc) is 3.33. The molecule has 15 heteroatoms. The van der Waals surface area contributed by atoms with E-state index in [2.05, 4.69) is 179 Å². The van der Waals surface area contributed by atoms with Crippen LogP contribution in [0, 0.1) is 0 Å². The Kier molecular flexibility index (Phi) is 30.8. The molecule has 3 fully saturated rings. The van der Waals surface area contributed by atoms with E-state index in [1.165, 1.54) is 51.5 Å². The molecule has 73 heavy (non-hydrogen) atoms. The summed E-state index contributed by atoms with van der Waals surface area (Å²) in [7, 11) is 0. The Bertz CT molecular complexity index is 1970. The zero-order chi connectivity index (χ0) is 54.8.